The summed E-state index contributed by atoms with van der Waals surface area (Å²) >= 11 is 0. The molecule has 1 aromatic carbocycles. The van der Waals surface area contributed by atoms with Crippen LogP contribution < -0.4 is 21.4 Å². The van der Waals surface area contributed by atoms with Gasteiger partial charge in [-0.3, -0.25) is 0 Å². The third-order valence-electron chi connectivity index (χ3n) is 4.38. The second-order valence-electron chi connectivity index (χ2n) is 6.24. The van der Waals surface area contributed by atoms with Crippen molar-refractivity contribution in [3.8, 4) is 11.4 Å². The standard InChI is InChI=1S/C17H26N8/c1-4-24(3)23-14-6-5-13(11-12(14)2)16-20-17(15(18)21-22-16)25-9-7-19-8-10-25/h5-6,11,19,23H,4,7-10H2,1-3H3,(H2,18,21). The molecule has 2 aromatic rings. The second-order valence-corrected chi connectivity index (χ2v) is 6.24. The number of nitrogens with two attached hydrogens (primary N) is 1. The molecular formula is C17H26N8. The normalized spacial score (nSPS) is 14.8. The summed E-state index contributed by atoms with van der Waals surface area (Å²) in [6.45, 7) is 8.66. The first kappa shape index (κ1) is 17.4. The number of nitrogens with zero attached hydrogens (tertiary/aromatic N) is 5. The second kappa shape index (κ2) is 7.62. The predicted octanol–water partition coefficient (Wildman–Crippen LogP) is 1.12. The number of hydrogen-bond acceptors (Lipinski definition) is 8. The molecule has 2 heterocycles. The monoisotopic (exact) mass is 342 g/mol. The molecule has 25 heavy (non-hydrogen) atoms. The fourth-order valence-corrected chi connectivity index (χ4v) is 2.77. The molecule has 0 bridgehead atoms. The quantitative estimate of drug-likeness (QED) is 0.696. The fraction of sp³-hybridized carbons (Fsp3) is 0.471. The van der Waals surface area contributed by atoms with Crippen molar-refractivity contribution in [3.63, 3.8) is 0 Å². The van der Waals surface area contributed by atoms with E-state index in [9.17, 15) is 0 Å². The van der Waals surface area contributed by atoms with Gasteiger partial charge in [-0.2, -0.15) is 0 Å². The van der Waals surface area contributed by atoms with Crippen LogP contribution in [0.25, 0.3) is 11.4 Å². The van der Waals surface area contributed by atoms with E-state index in [0.29, 0.717) is 11.6 Å². The number of anilines is 3. The van der Waals surface area contributed by atoms with E-state index in [1.54, 1.807) is 0 Å². The molecule has 1 aliphatic heterocycles. The maximum Gasteiger partial charge on any atom is 0.189 e. The Hall–Kier alpha value is -2.45. The Kier molecular flexibility index (Phi) is 5.30. The summed E-state index contributed by atoms with van der Waals surface area (Å²) in [5.74, 6) is 1.70. The highest BCUT2D eigenvalue weighted by Crippen LogP contribution is 2.25. The van der Waals surface area contributed by atoms with Gasteiger partial charge in [0.1, 0.15) is 0 Å². The van der Waals surface area contributed by atoms with Crippen LogP contribution in [0, 0.1) is 6.92 Å². The van der Waals surface area contributed by atoms with Crippen molar-refractivity contribution in [1.29, 1.82) is 0 Å². The topological polar surface area (TPSA) is 95.2 Å². The number of benzene rings is 1. The van der Waals surface area contributed by atoms with Crippen molar-refractivity contribution in [1.82, 2.24) is 25.5 Å². The molecule has 0 saturated carbocycles. The molecular weight excluding hydrogens is 316 g/mol. The van der Waals surface area contributed by atoms with Gasteiger partial charge in [0.2, 0.25) is 0 Å². The number of hydrazine groups is 1. The average Bonchev–Trinajstić information content (AvgIpc) is 2.64. The summed E-state index contributed by atoms with van der Waals surface area (Å²) in [5, 5.41) is 13.7. The smallest absolute Gasteiger partial charge is 0.189 e. The van der Waals surface area contributed by atoms with Gasteiger partial charge in [0.05, 0.1) is 5.69 Å². The minimum atomic E-state index is 0.380. The predicted molar refractivity (Wildman–Crippen MR) is 101 cm³/mol. The van der Waals surface area contributed by atoms with E-state index in [1.807, 2.05) is 24.2 Å². The van der Waals surface area contributed by atoms with Crippen molar-refractivity contribution in [2.24, 2.45) is 0 Å². The van der Waals surface area contributed by atoms with Crippen molar-refractivity contribution in [2.45, 2.75) is 13.8 Å². The Morgan fingerprint density at radius 2 is 2.04 bits per heavy atom. The van der Waals surface area contributed by atoms with Crippen molar-refractivity contribution >= 4 is 17.3 Å². The molecule has 1 saturated heterocycles. The summed E-state index contributed by atoms with van der Waals surface area (Å²) in [7, 11) is 2.01. The maximum atomic E-state index is 6.01. The molecule has 4 N–H and O–H groups in total. The zero-order valence-electron chi connectivity index (χ0n) is 15.1. The number of hydrogen-bond donors (Lipinski definition) is 3. The zero-order chi connectivity index (χ0) is 17.8. The average molecular weight is 342 g/mol. The highest BCUT2D eigenvalue weighted by Gasteiger charge is 2.17. The molecule has 1 aliphatic rings. The first-order valence-corrected chi connectivity index (χ1v) is 8.63. The lowest BCUT2D eigenvalue weighted by molar-refractivity contribution is 0.425. The fourth-order valence-electron chi connectivity index (χ4n) is 2.77. The van der Waals surface area contributed by atoms with Crippen LogP contribution in [-0.2, 0) is 0 Å². The molecule has 0 aliphatic carbocycles. The minimum absolute atomic E-state index is 0.380. The van der Waals surface area contributed by atoms with Crippen LogP contribution in [-0.4, -0.2) is 60.0 Å². The van der Waals surface area contributed by atoms with Gasteiger partial charge in [0.25, 0.3) is 0 Å². The van der Waals surface area contributed by atoms with E-state index in [2.05, 4.69) is 50.7 Å². The third-order valence-corrected chi connectivity index (χ3v) is 4.38. The molecule has 1 aromatic heterocycles. The van der Waals surface area contributed by atoms with Gasteiger partial charge in [-0.1, -0.05) is 6.92 Å². The van der Waals surface area contributed by atoms with Crippen LogP contribution in [0.4, 0.5) is 17.3 Å². The maximum absolute atomic E-state index is 6.01. The Balaban J connectivity index is 1.87. The van der Waals surface area contributed by atoms with Crippen LogP contribution in [0.15, 0.2) is 18.2 Å². The summed E-state index contributed by atoms with van der Waals surface area (Å²) in [5.41, 5.74) is 12.5. The van der Waals surface area contributed by atoms with E-state index >= 15 is 0 Å². The van der Waals surface area contributed by atoms with E-state index in [1.165, 1.54) is 0 Å². The van der Waals surface area contributed by atoms with Crippen LogP contribution in [0.5, 0.6) is 0 Å². The number of aromatic nitrogens is 3. The van der Waals surface area contributed by atoms with Crippen LogP contribution in [0.1, 0.15) is 12.5 Å². The molecule has 0 amide bonds. The number of nitrogens with one attached hydrogen (secondary N) is 2. The Morgan fingerprint density at radius 3 is 2.72 bits per heavy atom. The highest BCUT2D eigenvalue weighted by molar-refractivity contribution is 5.66. The van der Waals surface area contributed by atoms with Gasteiger partial charge in [-0.15, -0.1) is 10.2 Å². The van der Waals surface area contributed by atoms with Crippen molar-refractivity contribution in [3.05, 3.63) is 23.8 Å². The summed E-state index contributed by atoms with van der Waals surface area (Å²) < 4.78 is 0. The van der Waals surface area contributed by atoms with Crippen molar-refractivity contribution in [2.75, 3.05) is 55.8 Å². The van der Waals surface area contributed by atoms with Gasteiger partial charge in [0.15, 0.2) is 17.5 Å². The molecule has 1 fully saturated rings. The molecule has 0 atom stereocenters. The first-order chi connectivity index (χ1) is 12.1. The molecule has 134 valence electrons. The SMILES string of the molecule is CCN(C)Nc1ccc(-c2nnc(N)c(N3CCNCC3)n2)cc1C. The van der Waals surface area contributed by atoms with E-state index in [0.717, 1.165) is 55.4 Å². The van der Waals surface area contributed by atoms with E-state index in [-0.39, 0.29) is 0 Å². The van der Waals surface area contributed by atoms with Gasteiger partial charge in [-0.25, -0.2) is 9.99 Å². The van der Waals surface area contributed by atoms with Gasteiger partial charge in [-0.05, 0) is 30.7 Å². The molecule has 3 rings (SSSR count). The molecule has 0 radical (unpaired) electrons. The largest absolute Gasteiger partial charge is 0.379 e. The molecule has 8 nitrogen and oxygen atoms in total. The van der Waals surface area contributed by atoms with Gasteiger partial charge in [0, 0.05) is 45.3 Å². The lowest BCUT2D eigenvalue weighted by Crippen LogP contribution is -2.44. The Morgan fingerprint density at radius 1 is 1.28 bits per heavy atom. The molecule has 8 heteroatoms. The Bertz CT molecular complexity index is 727. The number of piperazine rings is 1. The Labute approximate surface area is 148 Å². The van der Waals surface area contributed by atoms with Crippen LogP contribution in [0.3, 0.4) is 0 Å². The number of aryl methyl sites for hydroxylation is 1. The van der Waals surface area contributed by atoms with Gasteiger partial charge < -0.3 is 21.4 Å². The number of nitrogen functional groups attached to an aromatic ring is 1. The zero-order valence-corrected chi connectivity index (χ0v) is 15.1. The highest BCUT2D eigenvalue weighted by atomic mass is 15.5. The van der Waals surface area contributed by atoms with Crippen molar-refractivity contribution < 1.29 is 0 Å². The third kappa shape index (κ3) is 3.97. The van der Waals surface area contributed by atoms with Crippen LogP contribution in [0.2, 0.25) is 0 Å². The lowest BCUT2D eigenvalue weighted by Gasteiger charge is -2.28. The minimum Gasteiger partial charge on any atom is -0.379 e. The van der Waals surface area contributed by atoms with Gasteiger partial charge >= 0.3 is 0 Å². The summed E-state index contributed by atoms with van der Waals surface area (Å²) in [6.07, 6.45) is 0. The summed E-state index contributed by atoms with van der Waals surface area (Å²) in [4.78, 5) is 6.84. The molecule has 0 spiro atoms. The van der Waals surface area contributed by atoms with E-state index < -0.39 is 0 Å². The molecule has 0 unspecified atom stereocenters. The van der Waals surface area contributed by atoms with E-state index in [4.69, 9.17) is 5.73 Å². The lowest BCUT2D eigenvalue weighted by atomic mass is 10.1. The van der Waals surface area contributed by atoms with Crippen LogP contribution >= 0.6 is 0 Å². The summed E-state index contributed by atoms with van der Waals surface area (Å²) in [6, 6.07) is 6.12. The number of rotatable bonds is 5. The first-order valence-electron chi connectivity index (χ1n) is 8.63.